The number of amides is 1. The van der Waals surface area contributed by atoms with E-state index >= 15 is 0 Å². The van der Waals surface area contributed by atoms with Crippen LogP contribution in [-0.4, -0.2) is 22.2 Å². The average molecular weight is 396 g/mol. The second kappa shape index (κ2) is 7.94. The van der Waals surface area contributed by atoms with Crippen molar-refractivity contribution in [1.29, 1.82) is 0 Å². The summed E-state index contributed by atoms with van der Waals surface area (Å²) in [5.41, 5.74) is 3.72. The van der Waals surface area contributed by atoms with Gasteiger partial charge in [-0.1, -0.05) is 65.0 Å². The molecule has 2 aromatic carbocycles. The Bertz CT molecular complexity index is 870. The molecule has 0 aliphatic heterocycles. The lowest BCUT2D eigenvalue weighted by molar-refractivity contribution is 0.0958. The van der Waals surface area contributed by atoms with E-state index in [4.69, 9.17) is 0 Å². The van der Waals surface area contributed by atoms with Crippen molar-refractivity contribution in [2.45, 2.75) is 6.54 Å². The van der Waals surface area contributed by atoms with Crippen molar-refractivity contribution in [3.8, 4) is 11.1 Å². The summed E-state index contributed by atoms with van der Waals surface area (Å²) in [5, 5.41) is 7.07. The molecule has 0 aliphatic carbocycles. The predicted octanol–water partition coefficient (Wildman–Crippen LogP) is 4.24. The summed E-state index contributed by atoms with van der Waals surface area (Å²) < 4.78 is 2.62. The first-order valence-electron chi connectivity index (χ1n) is 7.91. The number of halogens is 1. The lowest BCUT2D eigenvalue weighted by Gasteiger charge is -2.11. The Kier molecular flexibility index (Phi) is 5.46. The predicted molar refractivity (Wildman–Crippen MR) is 104 cm³/mol. The van der Waals surface area contributed by atoms with Crippen molar-refractivity contribution in [2.24, 2.45) is 0 Å². The largest absolute Gasteiger partial charge is 0.347 e. The van der Waals surface area contributed by atoms with Crippen LogP contribution in [-0.2, 0) is 6.54 Å². The topological polar surface area (TPSA) is 46.9 Å². The summed E-state index contributed by atoms with van der Waals surface area (Å²) in [6.07, 6.45) is 3.70. The van der Waals surface area contributed by atoms with Crippen molar-refractivity contribution in [2.75, 3.05) is 6.54 Å². The lowest BCUT2D eigenvalue weighted by Crippen LogP contribution is -2.24. The van der Waals surface area contributed by atoms with Crippen molar-refractivity contribution in [3.05, 3.63) is 89.2 Å². The van der Waals surface area contributed by atoms with Crippen LogP contribution in [0.15, 0.2) is 78.1 Å². The van der Waals surface area contributed by atoms with Gasteiger partial charge in [-0.15, -0.1) is 0 Å². The lowest BCUT2D eigenvalue weighted by atomic mass is 9.98. The van der Waals surface area contributed by atoms with Gasteiger partial charge in [0.25, 0.3) is 5.91 Å². The molecule has 3 aromatic rings. The molecule has 0 fully saturated rings. The summed E-state index contributed by atoms with van der Waals surface area (Å²) in [6.45, 7) is 4.86. The average Bonchev–Trinajstić information content (AvgIpc) is 3.13. The highest BCUT2D eigenvalue weighted by Crippen LogP contribution is 2.24. The maximum atomic E-state index is 12.4. The third-order valence-corrected chi connectivity index (χ3v) is 4.06. The van der Waals surface area contributed by atoms with Gasteiger partial charge in [0, 0.05) is 29.0 Å². The van der Waals surface area contributed by atoms with Crippen LogP contribution in [0.2, 0.25) is 0 Å². The molecule has 0 saturated carbocycles. The first-order chi connectivity index (χ1) is 12.1. The van der Waals surface area contributed by atoms with Crippen LogP contribution >= 0.6 is 15.9 Å². The molecule has 0 aliphatic rings. The van der Waals surface area contributed by atoms with Gasteiger partial charge in [0.05, 0.1) is 6.54 Å². The summed E-state index contributed by atoms with van der Waals surface area (Å²) in [5.74, 6) is -0.114. The summed E-state index contributed by atoms with van der Waals surface area (Å²) in [4.78, 5) is 12.4. The molecule has 0 atom stereocenters. The van der Waals surface area contributed by atoms with Gasteiger partial charge in [0.15, 0.2) is 0 Å². The number of carbonyl (C=O) groups is 1. The molecule has 4 nitrogen and oxygen atoms in total. The summed E-state index contributed by atoms with van der Waals surface area (Å²) >= 11 is 3.25. The van der Waals surface area contributed by atoms with Crippen LogP contribution < -0.4 is 5.32 Å². The highest BCUT2D eigenvalue weighted by molar-refractivity contribution is 9.11. The molecule has 0 saturated heterocycles. The smallest absolute Gasteiger partial charge is 0.252 e. The van der Waals surface area contributed by atoms with Crippen molar-refractivity contribution in [1.82, 2.24) is 15.1 Å². The molecule has 3 rings (SSSR count). The van der Waals surface area contributed by atoms with Crippen LogP contribution in [0.3, 0.4) is 0 Å². The molecular weight excluding hydrogens is 378 g/mol. The van der Waals surface area contributed by atoms with Crippen LogP contribution in [0.5, 0.6) is 0 Å². The molecule has 1 aromatic heterocycles. The van der Waals surface area contributed by atoms with Crippen molar-refractivity contribution in [3.63, 3.8) is 0 Å². The van der Waals surface area contributed by atoms with Crippen LogP contribution in [0.25, 0.3) is 11.1 Å². The molecule has 1 heterocycles. The van der Waals surface area contributed by atoms with Crippen LogP contribution in [0.4, 0.5) is 0 Å². The second-order valence-corrected chi connectivity index (χ2v) is 6.77. The Morgan fingerprint density at radius 3 is 2.56 bits per heavy atom. The molecule has 0 unspecified atom stereocenters. The van der Waals surface area contributed by atoms with Crippen molar-refractivity contribution < 1.29 is 4.79 Å². The number of aromatic nitrogens is 2. The first-order valence-corrected chi connectivity index (χ1v) is 8.70. The molecule has 5 heteroatoms. The van der Waals surface area contributed by atoms with Gasteiger partial charge < -0.3 is 5.32 Å². The van der Waals surface area contributed by atoms with E-state index in [-0.39, 0.29) is 5.91 Å². The molecule has 1 N–H and O–H groups in total. The van der Waals surface area contributed by atoms with Crippen LogP contribution in [0, 0.1) is 0 Å². The van der Waals surface area contributed by atoms with Gasteiger partial charge in [0.1, 0.15) is 0 Å². The zero-order chi connectivity index (χ0) is 17.6. The normalized spacial score (nSPS) is 10.4. The number of nitrogens with zero attached hydrogens (tertiary/aromatic N) is 2. The van der Waals surface area contributed by atoms with E-state index in [1.807, 2.05) is 53.3 Å². The molecule has 0 radical (unpaired) electrons. The zero-order valence-corrected chi connectivity index (χ0v) is 15.2. The molecule has 0 spiro atoms. The first kappa shape index (κ1) is 17.2. The molecule has 0 bridgehead atoms. The quantitative estimate of drug-likeness (QED) is 0.678. The van der Waals surface area contributed by atoms with Gasteiger partial charge in [-0.05, 0) is 28.8 Å². The number of benzene rings is 2. The maximum absolute atomic E-state index is 12.4. The third-order valence-electron chi connectivity index (χ3n) is 3.78. The van der Waals surface area contributed by atoms with E-state index in [9.17, 15) is 4.79 Å². The molecular formula is C20H18BrN3O. The fraction of sp³-hybridized carbons (Fsp3) is 0.100. The number of nitrogens with one attached hydrogen (secondary N) is 1. The summed E-state index contributed by atoms with van der Waals surface area (Å²) in [6, 6.07) is 17.7. The van der Waals surface area contributed by atoms with E-state index in [0.29, 0.717) is 12.1 Å². The van der Waals surface area contributed by atoms with E-state index in [0.717, 1.165) is 27.7 Å². The highest BCUT2D eigenvalue weighted by Gasteiger charge is 2.12. The van der Waals surface area contributed by atoms with Gasteiger partial charge in [-0.2, -0.15) is 5.10 Å². The monoisotopic (exact) mass is 395 g/mol. The number of hydrogen-bond acceptors (Lipinski definition) is 2. The Labute approximate surface area is 155 Å². The number of rotatable bonds is 6. The number of carbonyl (C=O) groups excluding carboxylic acids is 1. The van der Waals surface area contributed by atoms with Gasteiger partial charge >= 0.3 is 0 Å². The standard InChI is InChI=1S/C20H18BrN3O/c1-15(21)13-22-20(25)19-6-3-2-5-18(19)17-9-7-16(8-10-17)14-24-12-4-11-23-24/h2-12H,1,13-14H2,(H,22,25). The highest BCUT2D eigenvalue weighted by atomic mass is 79.9. The Morgan fingerprint density at radius 2 is 1.88 bits per heavy atom. The minimum atomic E-state index is -0.114. The fourth-order valence-electron chi connectivity index (χ4n) is 2.58. The Hall–Kier alpha value is -2.66. The Morgan fingerprint density at radius 1 is 1.12 bits per heavy atom. The minimum Gasteiger partial charge on any atom is -0.347 e. The third kappa shape index (κ3) is 4.45. The fourth-order valence-corrected chi connectivity index (χ4v) is 2.72. The SMILES string of the molecule is C=C(Br)CNC(=O)c1ccccc1-c1ccc(Cn2cccn2)cc1. The van der Waals surface area contributed by atoms with Crippen LogP contribution in [0.1, 0.15) is 15.9 Å². The number of hydrogen-bond donors (Lipinski definition) is 1. The van der Waals surface area contributed by atoms with E-state index < -0.39 is 0 Å². The molecule has 1 amide bonds. The molecule has 126 valence electrons. The minimum absolute atomic E-state index is 0.114. The van der Waals surface area contributed by atoms with Gasteiger partial charge in [-0.25, -0.2) is 0 Å². The second-order valence-electron chi connectivity index (χ2n) is 5.65. The van der Waals surface area contributed by atoms with E-state index in [1.54, 1.807) is 6.20 Å². The maximum Gasteiger partial charge on any atom is 0.252 e. The van der Waals surface area contributed by atoms with E-state index in [2.05, 4.69) is 45.1 Å². The molecule has 25 heavy (non-hydrogen) atoms. The van der Waals surface area contributed by atoms with Crippen molar-refractivity contribution >= 4 is 21.8 Å². The summed E-state index contributed by atoms with van der Waals surface area (Å²) in [7, 11) is 0. The zero-order valence-electron chi connectivity index (χ0n) is 13.7. The van der Waals surface area contributed by atoms with E-state index in [1.165, 1.54) is 0 Å². The van der Waals surface area contributed by atoms with Gasteiger partial charge in [0.2, 0.25) is 0 Å². The van der Waals surface area contributed by atoms with Gasteiger partial charge in [-0.3, -0.25) is 9.48 Å². The Balaban J connectivity index is 1.81.